The number of nitrogens with zero attached hydrogens (tertiary/aromatic N) is 4. The lowest BCUT2D eigenvalue weighted by atomic mass is 10.1. The highest BCUT2D eigenvalue weighted by Crippen LogP contribution is 2.24. The van der Waals surface area contributed by atoms with Crippen LogP contribution >= 0.6 is 11.6 Å². The maximum Gasteiger partial charge on any atom is 0.328 e. The van der Waals surface area contributed by atoms with Crippen molar-refractivity contribution in [1.29, 1.82) is 0 Å². The van der Waals surface area contributed by atoms with E-state index in [1.54, 1.807) is 12.1 Å². The Hall–Kier alpha value is -1.95. The normalized spacial score (nSPS) is 12.4. The van der Waals surface area contributed by atoms with Gasteiger partial charge in [-0.15, -0.1) is 5.10 Å². The quantitative estimate of drug-likeness (QED) is 0.918. The standard InChI is InChI=1S/C11H11ClN4O2/c1-6-5-8(3-4-9(6)12)10-13-14-15-16(10)7(2)11(17)18/h3-5,7H,1-2H3,(H,17,18). The minimum absolute atomic E-state index is 0.407. The first kappa shape index (κ1) is 12.5. The summed E-state index contributed by atoms with van der Waals surface area (Å²) in [6.07, 6.45) is 0. The average Bonchev–Trinajstić information content (AvgIpc) is 2.80. The van der Waals surface area contributed by atoms with Gasteiger partial charge in [-0.25, -0.2) is 9.48 Å². The number of tetrazole rings is 1. The van der Waals surface area contributed by atoms with Crippen molar-refractivity contribution >= 4 is 17.6 Å². The molecule has 1 aromatic carbocycles. The van der Waals surface area contributed by atoms with E-state index >= 15 is 0 Å². The lowest BCUT2D eigenvalue weighted by molar-refractivity contribution is -0.140. The van der Waals surface area contributed by atoms with E-state index in [9.17, 15) is 4.79 Å². The molecule has 0 bridgehead atoms. The van der Waals surface area contributed by atoms with Crippen LogP contribution in [0.25, 0.3) is 11.4 Å². The van der Waals surface area contributed by atoms with E-state index in [1.165, 1.54) is 11.6 Å². The van der Waals surface area contributed by atoms with E-state index in [2.05, 4.69) is 15.5 Å². The zero-order chi connectivity index (χ0) is 13.3. The summed E-state index contributed by atoms with van der Waals surface area (Å²) in [6.45, 7) is 3.38. The van der Waals surface area contributed by atoms with Gasteiger partial charge in [0.25, 0.3) is 0 Å². The Kier molecular flexibility index (Phi) is 3.29. The molecule has 2 aromatic rings. The highest BCUT2D eigenvalue weighted by atomic mass is 35.5. The zero-order valence-electron chi connectivity index (χ0n) is 9.83. The van der Waals surface area contributed by atoms with Crippen LogP contribution in [0.15, 0.2) is 18.2 Å². The van der Waals surface area contributed by atoms with Gasteiger partial charge in [0.05, 0.1) is 0 Å². The van der Waals surface area contributed by atoms with Crippen LogP contribution in [0.2, 0.25) is 5.02 Å². The predicted molar refractivity (Wildman–Crippen MR) is 65.3 cm³/mol. The predicted octanol–water partition coefficient (Wildman–Crippen LogP) is 1.95. The number of hydrogen-bond donors (Lipinski definition) is 1. The van der Waals surface area contributed by atoms with Crippen molar-refractivity contribution in [2.75, 3.05) is 0 Å². The second-order valence-corrected chi connectivity index (χ2v) is 4.33. The van der Waals surface area contributed by atoms with Gasteiger partial charge in [-0.3, -0.25) is 0 Å². The minimum Gasteiger partial charge on any atom is -0.480 e. The number of carboxylic acids is 1. The van der Waals surface area contributed by atoms with Crippen LogP contribution in [0.5, 0.6) is 0 Å². The van der Waals surface area contributed by atoms with Gasteiger partial charge in [0.1, 0.15) is 0 Å². The third kappa shape index (κ3) is 2.19. The molecule has 0 amide bonds. The van der Waals surface area contributed by atoms with Gasteiger partial charge < -0.3 is 5.11 Å². The minimum atomic E-state index is -0.991. The molecule has 0 aliphatic heterocycles. The number of benzene rings is 1. The molecular weight excluding hydrogens is 256 g/mol. The fourth-order valence-corrected chi connectivity index (χ4v) is 1.65. The molecule has 18 heavy (non-hydrogen) atoms. The smallest absolute Gasteiger partial charge is 0.328 e. The zero-order valence-corrected chi connectivity index (χ0v) is 10.6. The van der Waals surface area contributed by atoms with Crippen LogP contribution < -0.4 is 0 Å². The molecule has 1 unspecified atom stereocenters. The molecule has 2 rings (SSSR count). The summed E-state index contributed by atoms with van der Waals surface area (Å²) >= 11 is 5.94. The van der Waals surface area contributed by atoms with Crippen molar-refractivity contribution < 1.29 is 9.90 Å². The number of halogens is 1. The lowest BCUT2D eigenvalue weighted by Gasteiger charge is -2.09. The molecule has 1 N–H and O–H groups in total. The molecule has 0 spiro atoms. The Morgan fingerprint density at radius 3 is 2.83 bits per heavy atom. The monoisotopic (exact) mass is 266 g/mol. The van der Waals surface area contributed by atoms with E-state index in [0.717, 1.165) is 11.1 Å². The summed E-state index contributed by atoms with van der Waals surface area (Å²) in [5, 5.41) is 20.7. The van der Waals surface area contributed by atoms with Crippen molar-refractivity contribution in [3.8, 4) is 11.4 Å². The van der Waals surface area contributed by atoms with Crippen LogP contribution in [0, 0.1) is 6.92 Å². The first-order valence-electron chi connectivity index (χ1n) is 5.28. The van der Waals surface area contributed by atoms with Gasteiger partial charge in [0.15, 0.2) is 11.9 Å². The Morgan fingerprint density at radius 1 is 1.50 bits per heavy atom. The number of aliphatic carboxylic acids is 1. The first-order chi connectivity index (χ1) is 8.50. The van der Waals surface area contributed by atoms with Crippen LogP contribution in [-0.2, 0) is 4.79 Å². The molecule has 6 nitrogen and oxygen atoms in total. The summed E-state index contributed by atoms with van der Waals surface area (Å²) in [5.41, 5.74) is 1.61. The maximum atomic E-state index is 11.0. The van der Waals surface area contributed by atoms with Gasteiger partial charge in [-0.2, -0.15) is 0 Å². The Bertz CT molecular complexity index is 596. The summed E-state index contributed by atoms with van der Waals surface area (Å²) < 4.78 is 1.27. The fraction of sp³-hybridized carbons (Fsp3) is 0.273. The van der Waals surface area contributed by atoms with Crippen molar-refractivity contribution in [2.45, 2.75) is 19.9 Å². The summed E-state index contributed by atoms with van der Waals surface area (Å²) in [6, 6.07) is 4.48. The third-order valence-corrected chi connectivity index (χ3v) is 3.06. The largest absolute Gasteiger partial charge is 0.480 e. The third-order valence-electron chi connectivity index (χ3n) is 2.63. The van der Waals surface area contributed by atoms with Crippen LogP contribution in [0.4, 0.5) is 0 Å². The molecule has 94 valence electrons. The van der Waals surface area contributed by atoms with E-state index < -0.39 is 12.0 Å². The molecule has 0 aliphatic carbocycles. The van der Waals surface area contributed by atoms with Crippen molar-refractivity contribution in [1.82, 2.24) is 20.2 Å². The fourth-order valence-electron chi connectivity index (χ4n) is 1.53. The number of hydrogen-bond acceptors (Lipinski definition) is 4. The van der Waals surface area contributed by atoms with Gasteiger partial charge in [0.2, 0.25) is 0 Å². The van der Waals surface area contributed by atoms with Gasteiger partial charge in [0, 0.05) is 10.6 Å². The van der Waals surface area contributed by atoms with Crippen LogP contribution in [0.1, 0.15) is 18.5 Å². The second kappa shape index (κ2) is 4.73. The van der Waals surface area contributed by atoms with E-state index in [4.69, 9.17) is 16.7 Å². The number of aromatic nitrogens is 4. The van der Waals surface area contributed by atoms with Crippen LogP contribution in [-0.4, -0.2) is 31.3 Å². The maximum absolute atomic E-state index is 11.0. The van der Waals surface area contributed by atoms with E-state index in [0.29, 0.717) is 10.8 Å². The molecule has 0 fully saturated rings. The molecule has 1 aromatic heterocycles. The highest BCUT2D eigenvalue weighted by molar-refractivity contribution is 6.31. The summed E-state index contributed by atoms with van der Waals surface area (Å²) in [7, 11) is 0. The molecule has 7 heteroatoms. The topological polar surface area (TPSA) is 80.9 Å². The molecule has 0 radical (unpaired) electrons. The molecule has 0 saturated carbocycles. The number of carboxylic acid groups (broad SMARTS) is 1. The first-order valence-corrected chi connectivity index (χ1v) is 5.65. The molecular formula is C11H11ClN4O2. The number of rotatable bonds is 3. The molecule has 1 heterocycles. The Balaban J connectivity index is 2.48. The molecule has 0 saturated heterocycles. The van der Waals surface area contributed by atoms with Crippen molar-refractivity contribution in [2.24, 2.45) is 0 Å². The lowest BCUT2D eigenvalue weighted by Crippen LogP contribution is -2.18. The second-order valence-electron chi connectivity index (χ2n) is 3.93. The molecule has 1 atom stereocenters. The SMILES string of the molecule is Cc1cc(-c2nnnn2C(C)C(=O)O)ccc1Cl. The Labute approximate surface area is 108 Å². The van der Waals surface area contributed by atoms with E-state index in [-0.39, 0.29) is 0 Å². The number of aryl methyl sites for hydroxylation is 1. The molecule has 0 aliphatic rings. The van der Waals surface area contributed by atoms with Gasteiger partial charge >= 0.3 is 5.97 Å². The van der Waals surface area contributed by atoms with Crippen molar-refractivity contribution in [3.05, 3.63) is 28.8 Å². The average molecular weight is 267 g/mol. The highest BCUT2D eigenvalue weighted by Gasteiger charge is 2.20. The van der Waals surface area contributed by atoms with Crippen molar-refractivity contribution in [3.63, 3.8) is 0 Å². The van der Waals surface area contributed by atoms with Gasteiger partial charge in [-0.05, 0) is 48.0 Å². The summed E-state index contributed by atoms with van der Waals surface area (Å²) in [4.78, 5) is 11.0. The summed E-state index contributed by atoms with van der Waals surface area (Å²) in [5.74, 6) is -0.584. The Morgan fingerprint density at radius 2 is 2.22 bits per heavy atom. The van der Waals surface area contributed by atoms with Gasteiger partial charge in [-0.1, -0.05) is 11.6 Å². The van der Waals surface area contributed by atoms with Crippen LogP contribution in [0.3, 0.4) is 0 Å². The number of carbonyl (C=O) groups is 1. The van der Waals surface area contributed by atoms with E-state index in [1.807, 2.05) is 13.0 Å².